The smallest absolute Gasteiger partial charge is 0.309 e. The molecule has 6 saturated carbocycles. The van der Waals surface area contributed by atoms with E-state index in [9.17, 15) is 9.90 Å². The first-order valence-electron chi connectivity index (χ1n) is 12.6. The van der Waals surface area contributed by atoms with E-state index in [4.69, 9.17) is 14.2 Å². The fourth-order valence-electron chi connectivity index (χ4n) is 8.79. The molecule has 168 valence electrons. The van der Waals surface area contributed by atoms with Crippen LogP contribution in [0.25, 0.3) is 0 Å². The Kier molecular flexibility index (Phi) is 4.78. The lowest BCUT2D eigenvalue weighted by Gasteiger charge is -2.61. The van der Waals surface area contributed by atoms with Gasteiger partial charge in [0.15, 0.2) is 5.79 Å². The van der Waals surface area contributed by atoms with Gasteiger partial charge in [0.1, 0.15) is 0 Å². The summed E-state index contributed by atoms with van der Waals surface area (Å²) in [5.74, 6) is 3.47. The molecule has 4 unspecified atom stereocenters. The lowest BCUT2D eigenvalue weighted by Crippen LogP contribution is -2.63. The van der Waals surface area contributed by atoms with Crippen LogP contribution in [0.4, 0.5) is 0 Å². The van der Waals surface area contributed by atoms with Gasteiger partial charge in [-0.25, -0.2) is 0 Å². The SMILES string of the molecule is CC1CC2CC(C(=O)OCC3COC4(OC3)C3CC5CC(C3)CC4C5)CC(O)(C1)C2. The van der Waals surface area contributed by atoms with Gasteiger partial charge >= 0.3 is 5.97 Å². The molecule has 0 aromatic carbocycles. The minimum absolute atomic E-state index is 0.123. The van der Waals surface area contributed by atoms with Crippen molar-refractivity contribution in [2.24, 2.45) is 47.3 Å². The molecule has 7 aliphatic rings. The third-order valence-corrected chi connectivity index (χ3v) is 9.54. The zero-order chi connectivity index (χ0) is 20.5. The fourth-order valence-corrected chi connectivity index (χ4v) is 8.79. The molecule has 6 aliphatic carbocycles. The number of ether oxygens (including phenoxy) is 3. The molecule has 7 fully saturated rings. The van der Waals surface area contributed by atoms with E-state index in [2.05, 4.69) is 6.92 Å². The summed E-state index contributed by atoms with van der Waals surface area (Å²) in [4.78, 5) is 12.8. The second-order valence-corrected chi connectivity index (χ2v) is 12.1. The Hall–Kier alpha value is -0.650. The van der Waals surface area contributed by atoms with Gasteiger partial charge in [0.05, 0.1) is 31.3 Å². The lowest BCUT2D eigenvalue weighted by atomic mass is 9.53. The Morgan fingerprint density at radius 2 is 1.57 bits per heavy atom. The van der Waals surface area contributed by atoms with Gasteiger partial charge in [-0.2, -0.15) is 0 Å². The Morgan fingerprint density at radius 1 is 0.900 bits per heavy atom. The molecule has 1 heterocycles. The molecule has 1 aliphatic heterocycles. The number of esters is 1. The van der Waals surface area contributed by atoms with Gasteiger partial charge in [0.2, 0.25) is 0 Å². The van der Waals surface area contributed by atoms with E-state index in [1.165, 1.54) is 32.1 Å². The molecule has 4 atom stereocenters. The van der Waals surface area contributed by atoms with Gasteiger partial charge in [0.25, 0.3) is 0 Å². The van der Waals surface area contributed by atoms with Crippen molar-refractivity contribution >= 4 is 5.97 Å². The van der Waals surface area contributed by atoms with Crippen LogP contribution in [-0.2, 0) is 19.0 Å². The van der Waals surface area contributed by atoms with Crippen LogP contribution in [0.15, 0.2) is 0 Å². The molecular weight excluding hydrogens is 380 g/mol. The van der Waals surface area contributed by atoms with Crippen LogP contribution in [0.2, 0.25) is 0 Å². The van der Waals surface area contributed by atoms with E-state index >= 15 is 0 Å². The van der Waals surface area contributed by atoms with Crippen LogP contribution in [0.3, 0.4) is 0 Å². The summed E-state index contributed by atoms with van der Waals surface area (Å²) in [6, 6.07) is 0. The van der Waals surface area contributed by atoms with E-state index in [1.54, 1.807) is 0 Å². The van der Waals surface area contributed by atoms with Gasteiger partial charge < -0.3 is 19.3 Å². The third-order valence-electron chi connectivity index (χ3n) is 9.54. The first-order valence-corrected chi connectivity index (χ1v) is 12.6. The zero-order valence-electron chi connectivity index (χ0n) is 18.4. The van der Waals surface area contributed by atoms with E-state index in [-0.39, 0.29) is 23.6 Å². The minimum Gasteiger partial charge on any atom is -0.465 e. The quantitative estimate of drug-likeness (QED) is 0.704. The molecule has 6 bridgehead atoms. The maximum atomic E-state index is 12.8. The standard InChI is InChI=1S/C25H38O5/c1-15-2-18-4-20(11-24(27,9-15)10-18)23(26)28-12-19-13-29-25(30-14-19)21-5-16-3-17(7-21)8-22(25)6-16/h15-22,27H,2-14H2,1H3. The number of hydrogen-bond donors (Lipinski definition) is 1. The molecule has 0 aromatic rings. The van der Waals surface area contributed by atoms with Crippen molar-refractivity contribution in [1.29, 1.82) is 0 Å². The van der Waals surface area contributed by atoms with Crippen LogP contribution < -0.4 is 0 Å². The van der Waals surface area contributed by atoms with Crippen LogP contribution in [-0.4, -0.2) is 42.3 Å². The first-order chi connectivity index (χ1) is 14.4. The van der Waals surface area contributed by atoms with E-state index in [0.29, 0.717) is 49.9 Å². The highest BCUT2D eigenvalue weighted by atomic mass is 16.7. The molecule has 5 nitrogen and oxygen atoms in total. The minimum atomic E-state index is -0.660. The summed E-state index contributed by atoms with van der Waals surface area (Å²) in [5, 5.41) is 10.9. The monoisotopic (exact) mass is 418 g/mol. The van der Waals surface area contributed by atoms with E-state index in [0.717, 1.165) is 37.5 Å². The number of fused-ring (bicyclic) bond motifs is 2. The average molecular weight is 419 g/mol. The highest BCUT2D eigenvalue weighted by molar-refractivity contribution is 5.72. The molecular formula is C25H38O5. The van der Waals surface area contributed by atoms with Gasteiger partial charge in [-0.05, 0) is 87.9 Å². The normalized spacial score (nSPS) is 54.3. The summed E-state index contributed by atoms with van der Waals surface area (Å²) in [6.07, 6.45) is 10.8. The van der Waals surface area contributed by atoms with Crippen molar-refractivity contribution in [1.82, 2.24) is 0 Å². The predicted molar refractivity (Wildman–Crippen MR) is 110 cm³/mol. The molecule has 1 saturated heterocycles. The van der Waals surface area contributed by atoms with Gasteiger partial charge in [0, 0.05) is 17.8 Å². The Balaban J connectivity index is 1.01. The number of rotatable bonds is 3. The second kappa shape index (κ2) is 7.18. The summed E-state index contributed by atoms with van der Waals surface area (Å²) >= 11 is 0. The van der Waals surface area contributed by atoms with Crippen molar-refractivity contribution in [3.63, 3.8) is 0 Å². The summed E-state index contributed by atoms with van der Waals surface area (Å²) in [5.41, 5.74) is -0.660. The lowest BCUT2D eigenvalue weighted by molar-refractivity contribution is -0.369. The largest absolute Gasteiger partial charge is 0.465 e. The molecule has 30 heavy (non-hydrogen) atoms. The number of hydrogen-bond acceptors (Lipinski definition) is 5. The summed E-state index contributed by atoms with van der Waals surface area (Å²) < 4.78 is 18.7. The molecule has 5 heteroatoms. The summed E-state index contributed by atoms with van der Waals surface area (Å²) in [7, 11) is 0. The molecule has 1 spiro atoms. The number of carbonyl (C=O) groups excluding carboxylic acids is 1. The number of carbonyl (C=O) groups is 1. The number of aliphatic hydroxyl groups is 1. The van der Waals surface area contributed by atoms with Crippen molar-refractivity contribution in [3.8, 4) is 0 Å². The van der Waals surface area contributed by atoms with E-state index in [1.807, 2.05) is 0 Å². The summed E-state index contributed by atoms with van der Waals surface area (Å²) in [6.45, 7) is 3.88. The highest BCUT2D eigenvalue weighted by Gasteiger charge is 2.60. The molecule has 0 aromatic heterocycles. The van der Waals surface area contributed by atoms with Gasteiger partial charge in [-0.1, -0.05) is 6.92 Å². The Labute approximate surface area is 180 Å². The molecule has 0 radical (unpaired) electrons. The third kappa shape index (κ3) is 3.34. The van der Waals surface area contributed by atoms with Crippen molar-refractivity contribution in [3.05, 3.63) is 0 Å². The van der Waals surface area contributed by atoms with Crippen LogP contribution >= 0.6 is 0 Å². The Morgan fingerprint density at radius 3 is 2.20 bits per heavy atom. The second-order valence-electron chi connectivity index (χ2n) is 12.1. The van der Waals surface area contributed by atoms with Crippen molar-refractivity contribution in [2.45, 2.75) is 82.5 Å². The average Bonchev–Trinajstić information content (AvgIpc) is 2.69. The fraction of sp³-hybridized carbons (Fsp3) is 0.960. The maximum Gasteiger partial charge on any atom is 0.309 e. The Bertz CT molecular complexity index is 649. The maximum absolute atomic E-state index is 12.8. The highest BCUT2D eigenvalue weighted by Crippen LogP contribution is 2.60. The van der Waals surface area contributed by atoms with Gasteiger partial charge in [-0.15, -0.1) is 0 Å². The first kappa shape index (κ1) is 20.0. The van der Waals surface area contributed by atoms with Crippen molar-refractivity contribution in [2.75, 3.05) is 19.8 Å². The van der Waals surface area contributed by atoms with Gasteiger partial charge in [-0.3, -0.25) is 4.79 Å². The van der Waals surface area contributed by atoms with Crippen molar-refractivity contribution < 1.29 is 24.1 Å². The topological polar surface area (TPSA) is 65.0 Å². The molecule has 1 N–H and O–H groups in total. The van der Waals surface area contributed by atoms with Crippen LogP contribution in [0.1, 0.15) is 71.1 Å². The molecule has 0 amide bonds. The van der Waals surface area contributed by atoms with Crippen LogP contribution in [0.5, 0.6) is 0 Å². The van der Waals surface area contributed by atoms with E-state index < -0.39 is 5.60 Å². The molecule has 7 rings (SSSR count). The zero-order valence-corrected chi connectivity index (χ0v) is 18.4. The predicted octanol–water partition coefficient (Wildman–Crippen LogP) is 3.92. The van der Waals surface area contributed by atoms with Crippen LogP contribution in [0, 0.1) is 47.3 Å².